The van der Waals surface area contributed by atoms with Crippen LogP contribution in [0.5, 0.6) is 0 Å². The van der Waals surface area contributed by atoms with Crippen LogP contribution in [0.3, 0.4) is 0 Å². The fourth-order valence-electron chi connectivity index (χ4n) is 1.25. The monoisotopic (exact) mass is 215 g/mol. The number of imidazole rings is 1. The summed E-state index contributed by atoms with van der Waals surface area (Å²) in [5.41, 5.74) is 0. The van der Waals surface area contributed by atoms with Crippen LogP contribution >= 0.6 is 11.6 Å². The second-order valence-corrected chi connectivity index (χ2v) is 4.00. The maximum absolute atomic E-state index is 5.78. The highest BCUT2D eigenvalue weighted by molar-refractivity contribution is 6.18. The molecule has 14 heavy (non-hydrogen) atoms. The molecule has 1 unspecified atom stereocenters. The topological polar surface area (TPSA) is 21.1 Å². The summed E-state index contributed by atoms with van der Waals surface area (Å²) in [7, 11) is 4.11. The Morgan fingerprint density at radius 1 is 1.64 bits per heavy atom. The fourth-order valence-corrected chi connectivity index (χ4v) is 1.49. The van der Waals surface area contributed by atoms with Gasteiger partial charge in [0, 0.05) is 44.3 Å². The van der Waals surface area contributed by atoms with Crippen LogP contribution in [0.2, 0.25) is 0 Å². The van der Waals surface area contributed by atoms with Crippen LogP contribution in [-0.2, 0) is 13.5 Å². The Kier molecular flexibility index (Phi) is 4.42. The predicted octanol–water partition coefficient (Wildman–Crippen LogP) is 1.52. The van der Waals surface area contributed by atoms with Gasteiger partial charge in [-0.15, -0.1) is 11.6 Å². The van der Waals surface area contributed by atoms with E-state index in [4.69, 9.17) is 11.6 Å². The van der Waals surface area contributed by atoms with Crippen LogP contribution in [0.4, 0.5) is 0 Å². The molecule has 0 aromatic carbocycles. The Morgan fingerprint density at radius 2 is 2.36 bits per heavy atom. The van der Waals surface area contributed by atoms with Crippen LogP contribution in [0.25, 0.3) is 0 Å². The molecule has 1 rings (SSSR count). The van der Waals surface area contributed by atoms with Crippen LogP contribution < -0.4 is 0 Å². The first kappa shape index (κ1) is 11.5. The number of halogens is 1. The summed E-state index contributed by atoms with van der Waals surface area (Å²) in [6.07, 6.45) is 4.78. The molecular formula is C10H18ClN3. The van der Waals surface area contributed by atoms with E-state index in [1.54, 1.807) is 0 Å². The Balaban J connectivity index is 2.37. The zero-order valence-electron chi connectivity index (χ0n) is 9.07. The first-order chi connectivity index (χ1) is 6.65. The minimum absolute atomic E-state index is 0.428. The second-order valence-electron chi connectivity index (χ2n) is 3.69. The minimum Gasteiger partial charge on any atom is -0.338 e. The van der Waals surface area contributed by atoms with Gasteiger partial charge in [0.2, 0.25) is 0 Å². The average Bonchev–Trinajstić information content (AvgIpc) is 2.59. The Bertz CT molecular complexity index is 272. The summed E-state index contributed by atoms with van der Waals surface area (Å²) < 4.78 is 2.05. The Labute approximate surface area is 90.7 Å². The molecule has 0 saturated heterocycles. The molecule has 80 valence electrons. The Hall–Kier alpha value is -0.540. The van der Waals surface area contributed by atoms with E-state index in [-0.39, 0.29) is 0 Å². The highest BCUT2D eigenvalue weighted by Gasteiger charge is 2.08. The normalized spacial score (nSPS) is 13.5. The first-order valence-electron chi connectivity index (χ1n) is 4.87. The van der Waals surface area contributed by atoms with E-state index in [1.165, 1.54) is 0 Å². The van der Waals surface area contributed by atoms with E-state index in [9.17, 15) is 0 Å². The van der Waals surface area contributed by atoms with E-state index in [0.29, 0.717) is 11.9 Å². The molecule has 1 aromatic rings. The van der Waals surface area contributed by atoms with Gasteiger partial charge in [-0.2, -0.15) is 0 Å². The maximum atomic E-state index is 5.78. The van der Waals surface area contributed by atoms with Crippen molar-refractivity contribution in [3.8, 4) is 0 Å². The van der Waals surface area contributed by atoms with Crippen molar-refractivity contribution in [1.82, 2.24) is 14.5 Å². The number of alkyl halides is 1. The molecule has 1 atom stereocenters. The van der Waals surface area contributed by atoms with Gasteiger partial charge in [0.05, 0.1) is 0 Å². The molecule has 0 aliphatic heterocycles. The first-order valence-corrected chi connectivity index (χ1v) is 5.41. The van der Waals surface area contributed by atoms with E-state index < -0.39 is 0 Å². The molecule has 1 heterocycles. The molecule has 0 amide bonds. The molecule has 0 aliphatic carbocycles. The molecule has 0 saturated carbocycles. The third-order valence-corrected chi connectivity index (χ3v) is 3.03. The number of rotatable bonds is 5. The quantitative estimate of drug-likeness (QED) is 0.695. The lowest BCUT2D eigenvalue weighted by atomic mass is 10.3. The van der Waals surface area contributed by atoms with E-state index >= 15 is 0 Å². The largest absolute Gasteiger partial charge is 0.338 e. The van der Waals surface area contributed by atoms with Crippen LogP contribution in [0.1, 0.15) is 12.7 Å². The summed E-state index contributed by atoms with van der Waals surface area (Å²) in [6.45, 7) is 3.13. The van der Waals surface area contributed by atoms with Crippen LogP contribution in [-0.4, -0.2) is 40.0 Å². The second kappa shape index (κ2) is 5.37. The molecule has 4 heteroatoms. The van der Waals surface area contributed by atoms with Gasteiger partial charge in [-0.05, 0) is 14.0 Å². The molecule has 0 radical (unpaired) electrons. The third-order valence-electron chi connectivity index (χ3n) is 2.58. The smallest absolute Gasteiger partial charge is 0.109 e. The molecule has 0 fully saturated rings. The van der Waals surface area contributed by atoms with Gasteiger partial charge < -0.3 is 9.47 Å². The van der Waals surface area contributed by atoms with Gasteiger partial charge in [-0.25, -0.2) is 4.98 Å². The van der Waals surface area contributed by atoms with Gasteiger partial charge >= 0.3 is 0 Å². The standard InChI is InChI=1S/C10H18ClN3/c1-9(8-11)13(2)6-4-10-12-5-7-14(10)3/h5,7,9H,4,6,8H2,1-3H3. The van der Waals surface area contributed by atoms with Crippen molar-refractivity contribution < 1.29 is 0 Å². The third kappa shape index (κ3) is 3.00. The minimum atomic E-state index is 0.428. The van der Waals surface area contributed by atoms with Gasteiger partial charge in [0.15, 0.2) is 0 Å². The van der Waals surface area contributed by atoms with Crippen LogP contribution in [0.15, 0.2) is 12.4 Å². The van der Waals surface area contributed by atoms with Gasteiger partial charge in [0.1, 0.15) is 5.82 Å². The molecule has 0 bridgehead atoms. The summed E-state index contributed by atoms with van der Waals surface area (Å²) in [5.74, 6) is 1.80. The highest BCUT2D eigenvalue weighted by Crippen LogP contribution is 2.01. The number of hydrogen-bond acceptors (Lipinski definition) is 2. The predicted molar refractivity (Wildman–Crippen MR) is 59.7 cm³/mol. The maximum Gasteiger partial charge on any atom is 0.109 e. The molecule has 0 N–H and O–H groups in total. The van der Waals surface area contributed by atoms with Gasteiger partial charge in [0.25, 0.3) is 0 Å². The average molecular weight is 216 g/mol. The highest BCUT2D eigenvalue weighted by atomic mass is 35.5. The summed E-state index contributed by atoms with van der Waals surface area (Å²) >= 11 is 5.78. The molecule has 1 aromatic heterocycles. The number of aryl methyl sites for hydroxylation is 1. The number of aromatic nitrogens is 2. The summed E-state index contributed by atoms with van der Waals surface area (Å²) in [5, 5.41) is 0. The van der Waals surface area contributed by atoms with Gasteiger partial charge in [-0.3, -0.25) is 0 Å². The molecule has 3 nitrogen and oxygen atoms in total. The van der Waals surface area contributed by atoms with Crippen molar-refractivity contribution in [2.45, 2.75) is 19.4 Å². The van der Waals surface area contributed by atoms with Crippen molar-refractivity contribution in [2.24, 2.45) is 7.05 Å². The number of likely N-dealkylation sites (N-methyl/N-ethyl adjacent to an activating group) is 1. The lowest BCUT2D eigenvalue weighted by Gasteiger charge is -2.22. The number of hydrogen-bond donors (Lipinski definition) is 0. The van der Waals surface area contributed by atoms with Crippen molar-refractivity contribution in [2.75, 3.05) is 19.5 Å². The fraction of sp³-hybridized carbons (Fsp3) is 0.700. The van der Waals surface area contributed by atoms with E-state index in [2.05, 4.69) is 28.4 Å². The van der Waals surface area contributed by atoms with Crippen molar-refractivity contribution >= 4 is 11.6 Å². The SMILES string of the molecule is CC(CCl)N(C)CCc1nccn1C. The summed E-state index contributed by atoms with van der Waals surface area (Å²) in [6, 6.07) is 0.428. The summed E-state index contributed by atoms with van der Waals surface area (Å²) in [4.78, 5) is 6.53. The number of nitrogens with zero attached hydrogens (tertiary/aromatic N) is 3. The van der Waals surface area contributed by atoms with E-state index in [1.807, 2.05) is 19.4 Å². The van der Waals surface area contributed by atoms with Crippen molar-refractivity contribution in [3.63, 3.8) is 0 Å². The van der Waals surface area contributed by atoms with Crippen LogP contribution in [0, 0.1) is 0 Å². The lowest BCUT2D eigenvalue weighted by molar-refractivity contribution is 0.277. The van der Waals surface area contributed by atoms with Crippen molar-refractivity contribution in [1.29, 1.82) is 0 Å². The Morgan fingerprint density at radius 3 is 2.86 bits per heavy atom. The van der Waals surface area contributed by atoms with Gasteiger partial charge in [-0.1, -0.05) is 0 Å². The molecule has 0 aliphatic rings. The lowest BCUT2D eigenvalue weighted by Crippen LogP contribution is -2.32. The zero-order chi connectivity index (χ0) is 10.6. The van der Waals surface area contributed by atoms with E-state index in [0.717, 1.165) is 18.8 Å². The van der Waals surface area contributed by atoms with Crippen molar-refractivity contribution in [3.05, 3.63) is 18.2 Å². The molecule has 0 spiro atoms. The molecular weight excluding hydrogens is 198 g/mol. The zero-order valence-corrected chi connectivity index (χ0v) is 9.83.